The molecule has 82 valence electrons. The summed E-state index contributed by atoms with van der Waals surface area (Å²) >= 11 is 0. The molecule has 1 rings (SSSR count). The number of phenolic OH excluding ortho intramolecular Hbond substituents is 1. The molecule has 0 aliphatic carbocycles. The Morgan fingerprint density at radius 2 is 1.80 bits per heavy atom. The first-order chi connectivity index (χ1) is 6.91. The lowest BCUT2D eigenvalue weighted by atomic mass is 10.1. The smallest absolute Gasteiger partial charge is 0.325 e. The van der Waals surface area contributed by atoms with E-state index in [1.54, 1.807) is 19.1 Å². The minimum Gasteiger partial charge on any atom is -0.508 e. The molecule has 0 heterocycles. The van der Waals surface area contributed by atoms with Crippen LogP contribution in [-0.2, 0) is 4.79 Å². The lowest BCUT2D eigenvalue weighted by Crippen LogP contribution is -2.26. The molecule has 3 N–H and O–H groups in total. The number of hydrogen-bond donors (Lipinski definition) is 3. The van der Waals surface area contributed by atoms with Gasteiger partial charge in [-0.15, -0.1) is 0 Å². The highest BCUT2D eigenvalue weighted by atomic mass is 16.4. The normalized spacial score (nSPS) is 12.2. The van der Waals surface area contributed by atoms with Crippen molar-refractivity contribution in [2.24, 2.45) is 0 Å². The summed E-state index contributed by atoms with van der Waals surface area (Å²) in [5.74, 6) is -0.708. The zero-order valence-electron chi connectivity index (χ0n) is 9.03. The summed E-state index contributed by atoms with van der Waals surface area (Å²) in [7, 11) is 0. The molecule has 0 bridgehead atoms. The Labute approximate surface area is 88.6 Å². The molecule has 0 saturated carbocycles. The van der Waals surface area contributed by atoms with Crippen LogP contribution >= 0.6 is 0 Å². The first-order valence-corrected chi connectivity index (χ1v) is 4.71. The predicted octanol–water partition coefficient (Wildman–Crippen LogP) is 1.89. The second kappa shape index (κ2) is 4.21. The molecule has 0 fully saturated rings. The lowest BCUT2D eigenvalue weighted by Gasteiger charge is -2.16. The van der Waals surface area contributed by atoms with Gasteiger partial charge in [0.25, 0.3) is 0 Å². The predicted molar refractivity (Wildman–Crippen MR) is 58.3 cm³/mol. The molecule has 0 saturated heterocycles. The van der Waals surface area contributed by atoms with Crippen LogP contribution in [0.1, 0.15) is 18.1 Å². The van der Waals surface area contributed by atoms with Gasteiger partial charge >= 0.3 is 5.97 Å². The fourth-order valence-corrected chi connectivity index (χ4v) is 1.45. The third-order valence-electron chi connectivity index (χ3n) is 2.25. The topological polar surface area (TPSA) is 69.6 Å². The van der Waals surface area contributed by atoms with Gasteiger partial charge < -0.3 is 15.5 Å². The van der Waals surface area contributed by atoms with Gasteiger partial charge in [0.1, 0.15) is 11.8 Å². The molecule has 0 unspecified atom stereocenters. The Hall–Kier alpha value is -1.71. The average Bonchev–Trinajstić information content (AvgIpc) is 2.10. The molecule has 0 amide bonds. The number of hydrogen-bond acceptors (Lipinski definition) is 3. The SMILES string of the molecule is Cc1cc(O)cc(C)c1N[C@@H](C)C(=O)O. The number of carboxylic acids is 1. The van der Waals surface area contributed by atoms with Crippen LogP contribution in [0.5, 0.6) is 5.75 Å². The van der Waals surface area contributed by atoms with Crippen molar-refractivity contribution in [2.45, 2.75) is 26.8 Å². The lowest BCUT2D eigenvalue weighted by molar-refractivity contribution is -0.137. The van der Waals surface area contributed by atoms with Crippen LogP contribution in [-0.4, -0.2) is 22.2 Å². The van der Waals surface area contributed by atoms with Crippen LogP contribution in [0, 0.1) is 13.8 Å². The second-order valence-electron chi connectivity index (χ2n) is 3.66. The fourth-order valence-electron chi connectivity index (χ4n) is 1.45. The largest absolute Gasteiger partial charge is 0.508 e. The molecule has 0 aromatic heterocycles. The maximum atomic E-state index is 10.7. The van der Waals surface area contributed by atoms with E-state index in [0.29, 0.717) is 0 Å². The second-order valence-corrected chi connectivity index (χ2v) is 3.66. The van der Waals surface area contributed by atoms with Crippen molar-refractivity contribution in [3.63, 3.8) is 0 Å². The summed E-state index contributed by atoms with van der Waals surface area (Å²) in [6, 6.07) is 2.56. The number of benzene rings is 1. The van der Waals surface area contributed by atoms with Crippen LogP contribution in [0.3, 0.4) is 0 Å². The molecule has 4 nitrogen and oxygen atoms in total. The van der Waals surface area contributed by atoms with Crippen molar-refractivity contribution in [3.05, 3.63) is 23.3 Å². The van der Waals surface area contributed by atoms with Crippen molar-refractivity contribution >= 4 is 11.7 Å². The van der Waals surface area contributed by atoms with Crippen molar-refractivity contribution in [1.29, 1.82) is 0 Å². The van der Waals surface area contributed by atoms with E-state index >= 15 is 0 Å². The van der Waals surface area contributed by atoms with E-state index in [4.69, 9.17) is 5.11 Å². The van der Waals surface area contributed by atoms with Gasteiger partial charge in [-0.2, -0.15) is 0 Å². The number of rotatable bonds is 3. The summed E-state index contributed by atoms with van der Waals surface area (Å²) < 4.78 is 0. The van der Waals surface area contributed by atoms with Gasteiger partial charge in [-0.3, -0.25) is 4.79 Å². The molecule has 1 aromatic carbocycles. The standard InChI is InChI=1S/C11H15NO3/c1-6-4-9(13)5-7(2)10(6)12-8(3)11(14)15/h4-5,8,12-13H,1-3H3,(H,14,15)/t8-/m0/s1. The molecule has 0 radical (unpaired) electrons. The molecular formula is C11H15NO3. The Bertz CT molecular complexity index is 364. The minimum atomic E-state index is -0.901. The number of carboxylic acid groups (broad SMARTS) is 1. The number of carbonyl (C=O) groups is 1. The third-order valence-corrected chi connectivity index (χ3v) is 2.25. The van der Waals surface area contributed by atoms with Gasteiger partial charge in [-0.05, 0) is 44.0 Å². The number of anilines is 1. The van der Waals surface area contributed by atoms with Crippen molar-refractivity contribution < 1.29 is 15.0 Å². The molecule has 0 aliphatic rings. The Morgan fingerprint density at radius 1 is 1.33 bits per heavy atom. The quantitative estimate of drug-likeness (QED) is 0.665. The number of nitrogens with one attached hydrogen (secondary N) is 1. The highest BCUT2D eigenvalue weighted by Crippen LogP contribution is 2.25. The van der Waals surface area contributed by atoms with E-state index in [2.05, 4.69) is 5.32 Å². The molecule has 0 spiro atoms. The first-order valence-electron chi connectivity index (χ1n) is 4.71. The van der Waals surface area contributed by atoms with Crippen LogP contribution < -0.4 is 5.32 Å². The zero-order valence-corrected chi connectivity index (χ0v) is 9.03. The van der Waals surface area contributed by atoms with Crippen LogP contribution in [0.4, 0.5) is 5.69 Å². The monoisotopic (exact) mass is 209 g/mol. The summed E-state index contributed by atoms with van der Waals surface area (Å²) in [5, 5.41) is 21.0. The minimum absolute atomic E-state index is 0.193. The van der Waals surface area contributed by atoms with Crippen molar-refractivity contribution in [1.82, 2.24) is 0 Å². The van der Waals surface area contributed by atoms with E-state index < -0.39 is 12.0 Å². The first kappa shape index (κ1) is 11.4. The summed E-state index contributed by atoms with van der Waals surface area (Å²) in [6.45, 7) is 5.22. The molecule has 1 aromatic rings. The van der Waals surface area contributed by atoms with Gasteiger partial charge in [0.15, 0.2) is 0 Å². The van der Waals surface area contributed by atoms with E-state index in [9.17, 15) is 9.90 Å². The van der Waals surface area contributed by atoms with E-state index in [0.717, 1.165) is 16.8 Å². The van der Waals surface area contributed by atoms with Gasteiger partial charge in [0.2, 0.25) is 0 Å². The molecule has 1 atom stereocenters. The average molecular weight is 209 g/mol. The zero-order chi connectivity index (χ0) is 11.6. The number of aromatic hydroxyl groups is 1. The fraction of sp³-hybridized carbons (Fsp3) is 0.364. The van der Waals surface area contributed by atoms with Crippen molar-refractivity contribution in [2.75, 3.05) is 5.32 Å². The van der Waals surface area contributed by atoms with Crippen LogP contribution in [0.15, 0.2) is 12.1 Å². The van der Waals surface area contributed by atoms with Gasteiger partial charge in [-0.1, -0.05) is 0 Å². The maximum Gasteiger partial charge on any atom is 0.325 e. The Morgan fingerprint density at radius 3 is 2.20 bits per heavy atom. The van der Waals surface area contributed by atoms with Crippen LogP contribution in [0.25, 0.3) is 0 Å². The number of aryl methyl sites for hydroxylation is 2. The summed E-state index contributed by atoms with van der Waals surface area (Å²) in [6.07, 6.45) is 0. The van der Waals surface area contributed by atoms with E-state index in [-0.39, 0.29) is 5.75 Å². The molecule has 0 aliphatic heterocycles. The highest BCUT2D eigenvalue weighted by molar-refractivity contribution is 5.78. The summed E-state index contributed by atoms with van der Waals surface area (Å²) in [4.78, 5) is 10.7. The maximum absolute atomic E-state index is 10.7. The van der Waals surface area contributed by atoms with Gasteiger partial charge in [0.05, 0.1) is 0 Å². The third kappa shape index (κ3) is 2.62. The highest BCUT2D eigenvalue weighted by Gasteiger charge is 2.13. The number of aliphatic carboxylic acids is 1. The summed E-state index contributed by atoms with van der Waals surface area (Å²) in [5.41, 5.74) is 2.43. The van der Waals surface area contributed by atoms with Gasteiger partial charge in [0, 0.05) is 5.69 Å². The molecule has 4 heteroatoms. The number of phenols is 1. The van der Waals surface area contributed by atoms with Gasteiger partial charge in [-0.25, -0.2) is 0 Å². The Balaban J connectivity index is 3.00. The van der Waals surface area contributed by atoms with Crippen molar-refractivity contribution in [3.8, 4) is 5.75 Å². The van der Waals surface area contributed by atoms with E-state index in [1.807, 2.05) is 13.8 Å². The Kier molecular flexibility index (Phi) is 3.19. The molecule has 15 heavy (non-hydrogen) atoms. The van der Waals surface area contributed by atoms with Crippen LogP contribution in [0.2, 0.25) is 0 Å². The molecular weight excluding hydrogens is 194 g/mol. The van der Waals surface area contributed by atoms with E-state index in [1.165, 1.54) is 0 Å².